The van der Waals surface area contributed by atoms with Crippen LogP contribution in [-0.2, 0) is 0 Å². The molecule has 2 atom stereocenters. The van der Waals surface area contributed by atoms with Crippen LogP contribution in [0, 0.1) is 5.92 Å². The van der Waals surface area contributed by atoms with Crippen molar-refractivity contribution in [2.45, 2.75) is 32.5 Å². The molecule has 0 spiro atoms. The van der Waals surface area contributed by atoms with E-state index in [4.69, 9.17) is 0 Å². The van der Waals surface area contributed by atoms with Gasteiger partial charge in [-0.05, 0) is 20.8 Å². The van der Waals surface area contributed by atoms with Crippen LogP contribution in [0.1, 0.15) is 20.8 Å². The van der Waals surface area contributed by atoms with Crippen molar-refractivity contribution in [1.82, 2.24) is 0 Å². The first kappa shape index (κ1) is 11.4. The molecule has 0 fully saturated rings. The lowest BCUT2D eigenvalue weighted by molar-refractivity contribution is -0.0113. The molecule has 0 aliphatic heterocycles. The van der Waals surface area contributed by atoms with Crippen LogP contribution < -0.4 is 0 Å². The summed E-state index contributed by atoms with van der Waals surface area (Å²) >= 11 is 0. The highest BCUT2D eigenvalue weighted by atomic mass is 16.3. The van der Waals surface area contributed by atoms with Crippen LogP contribution in [0.25, 0.3) is 0 Å². The molecule has 0 radical (unpaired) electrons. The van der Waals surface area contributed by atoms with Crippen molar-refractivity contribution in [2.75, 3.05) is 0 Å². The highest BCUT2D eigenvalue weighted by molar-refractivity contribution is 5.08. The van der Waals surface area contributed by atoms with E-state index >= 15 is 0 Å². The van der Waals surface area contributed by atoms with Crippen LogP contribution in [0.5, 0.6) is 0 Å². The van der Waals surface area contributed by atoms with Gasteiger partial charge >= 0.3 is 0 Å². The molecule has 0 saturated carbocycles. The molecule has 0 amide bonds. The standard InChI is InChI=1S/C10H18O2/c1-6-8(10(4,5)12)9(11)7(2)3/h6,8-9,11-12H,1-2H2,3-5H3/t8-,9+/m1/s1. The Balaban J connectivity index is 4.57. The van der Waals surface area contributed by atoms with Gasteiger partial charge < -0.3 is 10.2 Å². The maximum atomic E-state index is 9.62. The van der Waals surface area contributed by atoms with Crippen molar-refractivity contribution in [3.63, 3.8) is 0 Å². The maximum absolute atomic E-state index is 9.62. The summed E-state index contributed by atoms with van der Waals surface area (Å²) < 4.78 is 0. The Morgan fingerprint density at radius 3 is 2.00 bits per heavy atom. The van der Waals surface area contributed by atoms with E-state index in [9.17, 15) is 10.2 Å². The Hall–Kier alpha value is -0.600. The summed E-state index contributed by atoms with van der Waals surface area (Å²) in [6, 6.07) is 0. The number of hydrogen-bond acceptors (Lipinski definition) is 2. The minimum atomic E-state index is -0.958. The van der Waals surface area contributed by atoms with E-state index in [0.717, 1.165) is 0 Å². The van der Waals surface area contributed by atoms with Crippen LogP contribution in [0.4, 0.5) is 0 Å². The zero-order chi connectivity index (χ0) is 9.94. The molecule has 0 saturated heterocycles. The van der Waals surface area contributed by atoms with Crippen molar-refractivity contribution < 1.29 is 10.2 Å². The molecule has 70 valence electrons. The summed E-state index contributed by atoms with van der Waals surface area (Å²) in [5.74, 6) is -0.366. The van der Waals surface area contributed by atoms with Crippen molar-refractivity contribution in [1.29, 1.82) is 0 Å². The second-order valence-electron chi connectivity index (χ2n) is 3.71. The third-order valence-electron chi connectivity index (χ3n) is 1.91. The summed E-state index contributed by atoms with van der Waals surface area (Å²) in [5, 5.41) is 19.2. The molecule has 2 nitrogen and oxygen atoms in total. The lowest BCUT2D eigenvalue weighted by Crippen LogP contribution is -2.38. The fourth-order valence-electron chi connectivity index (χ4n) is 1.11. The monoisotopic (exact) mass is 170 g/mol. The van der Waals surface area contributed by atoms with Gasteiger partial charge in [-0.25, -0.2) is 0 Å². The molecule has 2 heteroatoms. The summed E-state index contributed by atoms with van der Waals surface area (Å²) in [7, 11) is 0. The number of hydrogen-bond donors (Lipinski definition) is 2. The van der Waals surface area contributed by atoms with Crippen LogP contribution in [-0.4, -0.2) is 21.9 Å². The van der Waals surface area contributed by atoms with Crippen molar-refractivity contribution in [3.05, 3.63) is 24.8 Å². The number of aliphatic hydroxyl groups excluding tert-OH is 1. The van der Waals surface area contributed by atoms with Crippen molar-refractivity contribution >= 4 is 0 Å². The van der Waals surface area contributed by atoms with E-state index < -0.39 is 11.7 Å². The van der Waals surface area contributed by atoms with Gasteiger partial charge in [-0.1, -0.05) is 18.2 Å². The normalized spacial score (nSPS) is 16.8. The molecule has 0 aromatic carbocycles. The molecule has 12 heavy (non-hydrogen) atoms. The maximum Gasteiger partial charge on any atom is 0.0834 e. The Morgan fingerprint density at radius 1 is 1.50 bits per heavy atom. The summed E-state index contributed by atoms with van der Waals surface area (Å²) in [6.45, 7) is 12.2. The molecule has 0 aromatic rings. The largest absolute Gasteiger partial charge is 0.390 e. The van der Waals surface area contributed by atoms with Gasteiger partial charge in [0.05, 0.1) is 11.7 Å². The average Bonchev–Trinajstić information content (AvgIpc) is 1.85. The van der Waals surface area contributed by atoms with Gasteiger partial charge in [0, 0.05) is 5.92 Å². The second kappa shape index (κ2) is 3.87. The molecule has 0 rings (SSSR count). The van der Waals surface area contributed by atoms with Gasteiger partial charge in [0.15, 0.2) is 0 Å². The van der Waals surface area contributed by atoms with E-state index in [1.165, 1.54) is 0 Å². The Labute approximate surface area is 74.2 Å². The topological polar surface area (TPSA) is 40.5 Å². The van der Waals surface area contributed by atoms with E-state index in [1.807, 2.05) is 0 Å². The van der Waals surface area contributed by atoms with Crippen LogP contribution in [0.15, 0.2) is 24.8 Å². The van der Waals surface area contributed by atoms with E-state index in [1.54, 1.807) is 26.8 Å². The van der Waals surface area contributed by atoms with Crippen LogP contribution >= 0.6 is 0 Å². The van der Waals surface area contributed by atoms with E-state index in [0.29, 0.717) is 5.57 Å². The van der Waals surface area contributed by atoms with Gasteiger partial charge in [0.2, 0.25) is 0 Å². The van der Waals surface area contributed by atoms with Crippen molar-refractivity contribution in [2.24, 2.45) is 5.92 Å². The third kappa shape index (κ3) is 2.80. The predicted molar refractivity (Wildman–Crippen MR) is 50.8 cm³/mol. The molecular weight excluding hydrogens is 152 g/mol. The molecule has 0 aliphatic rings. The fourth-order valence-corrected chi connectivity index (χ4v) is 1.11. The van der Waals surface area contributed by atoms with Gasteiger partial charge in [-0.15, -0.1) is 6.58 Å². The highest BCUT2D eigenvalue weighted by Crippen LogP contribution is 2.24. The Morgan fingerprint density at radius 2 is 1.92 bits per heavy atom. The lowest BCUT2D eigenvalue weighted by atomic mass is 9.84. The van der Waals surface area contributed by atoms with Crippen LogP contribution in [0.3, 0.4) is 0 Å². The first-order chi connectivity index (χ1) is 5.30. The molecule has 0 unspecified atom stereocenters. The zero-order valence-electron chi connectivity index (χ0n) is 8.04. The summed E-state index contributed by atoms with van der Waals surface area (Å²) in [4.78, 5) is 0. The van der Waals surface area contributed by atoms with Gasteiger partial charge in [0.25, 0.3) is 0 Å². The van der Waals surface area contributed by atoms with Gasteiger partial charge in [-0.2, -0.15) is 0 Å². The third-order valence-corrected chi connectivity index (χ3v) is 1.91. The second-order valence-corrected chi connectivity index (χ2v) is 3.71. The minimum Gasteiger partial charge on any atom is -0.390 e. The number of aliphatic hydroxyl groups is 2. The molecule has 2 N–H and O–H groups in total. The zero-order valence-corrected chi connectivity index (χ0v) is 8.04. The first-order valence-corrected chi connectivity index (χ1v) is 3.99. The summed E-state index contributed by atoms with van der Waals surface area (Å²) in [6.07, 6.45) is 0.835. The minimum absolute atomic E-state index is 0.366. The summed E-state index contributed by atoms with van der Waals surface area (Å²) in [5.41, 5.74) is -0.317. The molecule has 0 aromatic heterocycles. The highest BCUT2D eigenvalue weighted by Gasteiger charge is 2.30. The average molecular weight is 170 g/mol. The Kier molecular flexibility index (Phi) is 3.68. The lowest BCUT2D eigenvalue weighted by Gasteiger charge is -2.30. The quantitative estimate of drug-likeness (QED) is 0.628. The fraction of sp³-hybridized carbons (Fsp3) is 0.600. The van der Waals surface area contributed by atoms with Crippen molar-refractivity contribution in [3.8, 4) is 0 Å². The molecule has 0 aliphatic carbocycles. The van der Waals surface area contributed by atoms with Gasteiger partial charge in [0.1, 0.15) is 0 Å². The first-order valence-electron chi connectivity index (χ1n) is 3.99. The smallest absolute Gasteiger partial charge is 0.0834 e. The van der Waals surface area contributed by atoms with E-state index in [2.05, 4.69) is 13.2 Å². The number of rotatable bonds is 4. The van der Waals surface area contributed by atoms with E-state index in [-0.39, 0.29) is 5.92 Å². The van der Waals surface area contributed by atoms with Crippen LogP contribution in [0.2, 0.25) is 0 Å². The molecular formula is C10H18O2. The predicted octanol–water partition coefficient (Wildman–Crippen LogP) is 1.50. The van der Waals surface area contributed by atoms with Gasteiger partial charge in [-0.3, -0.25) is 0 Å². The molecule has 0 heterocycles. The SMILES string of the molecule is C=C[C@H]([C@@H](O)C(=C)C)C(C)(C)O. The molecule has 0 bridgehead atoms. The Bertz CT molecular complexity index is 177.